The topological polar surface area (TPSA) is 96.2 Å². The number of benzene rings is 1. The molecule has 20 heavy (non-hydrogen) atoms. The van der Waals surface area contributed by atoms with E-state index in [4.69, 9.17) is 5.73 Å². The van der Waals surface area contributed by atoms with Crippen LogP contribution in [0.15, 0.2) is 24.3 Å². The highest BCUT2D eigenvalue weighted by Crippen LogP contribution is 2.09. The lowest BCUT2D eigenvalue weighted by atomic mass is 10.2. The van der Waals surface area contributed by atoms with Crippen molar-refractivity contribution in [2.24, 2.45) is 5.73 Å². The molecule has 110 valence electrons. The molecule has 0 aliphatic rings. The second kappa shape index (κ2) is 8.16. The second-order valence-corrected chi connectivity index (χ2v) is 4.73. The Morgan fingerprint density at radius 3 is 2.40 bits per heavy atom. The zero-order valence-electron chi connectivity index (χ0n) is 11.9. The van der Waals surface area contributed by atoms with Gasteiger partial charge in [-0.05, 0) is 51.1 Å². The summed E-state index contributed by atoms with van der Waals surface area (Å²) in [7, 11) is 0. The summed E-state index contributed by atoms with van der Waals surface area (Å²) in [5.74, 6) is -0.142. The van der Waals surface area contributed by atoms with Crippen LogP contribution in [0.5, 0.6) is 0 Å². The molecule has 0 radical (unpaired) electrons. The van der Waals surface area contributed by atoms with Crippen molar-refractivity contribution in [3.63, 3.8) is 0 Å². The van der Waals surface area contributed by atoms with Crippen molar-refractivity contribution in [3.05, 3.63) is 29.8 Å². The van der Waals surface area contributed by atoms with Crippen LogP contribution in [0.4, 0.5) is 10.5 Å². The third kappa shape index (κ3) is 5.71. The Morgan fingerprint density at radius 1 is 1.20 bits per heavy atom. The molecule has 1 rings (SSSR count). The quantitative estimate of drug-likeness (QED) is 0.590. The first-order valence-electron chi connectivity index (χ1n) is 6.68. The van der Waals surface area contributed by atoms with E-state index in [1.54, 1.807) is 24.3 Å². The first-order valence-corrected chi connectivity index (χ1v) is 6.68. The minimum atomic E-state index is -0.264. The van der Waals surface area contributed by atoms with Crippen LogP contribution in [0.3, 0.4) is 0 Å². The van der Waals surface area contributed by atoms with Gasteiger partial charge in [0.1, 0.15) is 0 Å². The first-order chi connectivity index (χ1) is 9.52. The number of carbonyl (C=O) groups excluding carboxylic acids is 2. The van der Waals surface area contributed by atoms with E-state index in [0.717, 1.165) is 6.42 Å². The highest BCUT2D eigenvalue weighted by atomic mass is 16.2. The Morgan fingerprint density at radius 2 is 1.85 bits per heavy atom. The lowest BCUT2D eigenvalue weighted by Gasteiger charge is -2.10. The number of carbonyl (C=O) groups is 2. The number of nitrogens with one attached hydrogen (secondary N) is 3. The number of rotatable bonds is 6. The van der Waals surface area contributed by atoms with E-state index < -0.39 is 0 Å². The molecule has 6 heteroatoms. The molecule has 0 saturated heterocycles. The van der Waals surface area contributed by atoms with Crippen molar-refractivity contribution in [2.45, 2.75) is 26.3 Å². The van der Waals surface area contributed by atoms with Gasteiger partial charge in [-0.1, -0.05) is 0 Å². The van der Waals surface area contributed by atoms with E-state index in [1.165, 1.54) is 0 Å². The first kappa shape index (κ1) is 16.0. The van der Waals surface area contributed by atoms with Gasteiger partial charge in [-0.25, -0.2) is 4.79 Å². The Balaban J connectivity index is 2.51. The number of urea groups is 1. The fourth-order valence-corrected chi connectivity index (χ4v) is 1.54. The number of amides is 3. The summed E-state index contributed by atoms with van der Waals surface area (Å²) >= 11 is 0. The summed E-state index contributed by atoms with van der Waals surface area (Å²) in [6.07, 6.45) is 0.751. The van der Waals surface area contributed by atoms with Crippen molar-refractivity contribution in [2.75, 3.05) is 18.4 Å². The van der Waals surface area contributed by atoms with Gasteiger partial charge in [-0.2, -0.15) is 0 Å². The molecule has 0 aliphatic carbocycles. The van der Waals surface area contributed by atoms with Crippen LogP contribution >= 0.6 is 0 Å². The lowest BCUT2D eigenvalue weighted by Crippen LogP contribution is -2.34. The molecule has 1 aromatic carbocycles. The highest BCUT2D eigenvalue weighted by molar-refractivity contribution is 5.95. The van der Waals surface area contributed by atoms with Gasteiger partial charge in [-0.15, -0.1) is 0 Å². The molecule has 0 unspecified atom stereocenters. The molecular weight excluding hydrogens is 256 g/mol. The van der Waals surface area contributed by atoms with Gasteiger partial charge in [0.05, 0.1) is 0 Å². The molecule has 6 nitrogen and oxygen atoms in total. The largest absolute Gasteiger partial charge is 0.352 e. The predicted molar refractivity (Wildman–Crippen MR) is 79.7 cm³/mol. The van der Waals surface area contributed by atoms with Crippen LogP contribution in [0.1, 0.15) is 30.6 Å². The molecule has 0 atom stereocenters. The van der Waals surface area contributed by atoms with Crippen molar-refractivity contribution in [3.8, 4) is 0 Å². The monoisotopic (exact) mass is 278 g/mol. The predicted octanol–water partition coefficient (Wildman–Crippen LogP) is 1.30. The third-order valence-electron chi connectivity index (χ3n) is 2.49. The third-order valence-corrected chi connectivity index (χ3v) is 2.49. The van der Waals surface area contributed by atoms with Gasteiger partial charge >= 0.3 is 6.03 Å². The van der Waals surface area contributed by atoms with Crippen LogP contribution < -0.4 is 21.7 Å². The summed E-state index contributed by atoms with van der Waals surface area (Å²) in [6, 6.07) is 6.53. The van der Waals surface area contributed by atoms with Crippen LogP contribution in [0, 0.1) is 0 Å². The molecule has 3 amide bonds. The van der Waals surface area contributed by atoms with E-state index in [9.17, 15) is 9.59 Å². The van der Waals surface area contributed by atoms with Crippen LogP contribution in [-0.2, 0) is 0 Å². The van der Waals surface area contributed by atoms with Crippen LogP contribution in [0.25, 0.3) is 0 Å². The second-order valence-electron chi connectivity index (χ2n) is 4.73. The summed E-state index contributed by atoms with van der Waals surface area (Å²) in [4.78, 5) is 23.2. The maximum Gasteiger partial charge on any atom is 0.319 e. The summed E-state index contributed by atoms with van der Waals surface area (Å²) in [5, 5.41) is 8.18. The molecule has 0 bridgehead atoms. The normalized spacial score (nSPS) is 10.2. The van der Waals surface area contributed by atoms with Crippen molar-refractivity contribution in [1.29, 1.82) is 0 Å². The average molecular weight is 278 g/mol. The van der Waals surface area contributed by atoms with Crippen molar-refractivity contribution in [1.82, 2.24) is 10.6 Å². The lowest BCUT2D eigenvalue weighted by molar-refractivity contribution is 0.0953. The Bertz CT molecular complexity index is 443. The van der Waals surface area contributed by atoms with E-state index >= 15 is 0 Å². The van der Waals surface area contributed by atoms with Crippen LogP contribution in [0.2, 0.25) is 0 Å². The Hall–Kier alpha value is -2.08. The fourth-order valence-electron chi connectivity index (χ4n) is 1.54. The minimum Gasteiger partial charge on any atom is -0.352 e. The maximum atomic E-state index is 11.7. The van der Waals surface area contributed by atoms with E-state index in [1.807, 2.05) is 13.8 Å². The SMILES string of the molecule is CC(C)NC(=O)Nc1ccc(C(=O)NCCCN)cc1. The Kier molecular flexibility index (Phi) is 6.52. The van der Waals surface area contributed by atoms with Gasteiger partial charge in [0.2, 0.25) is 0 Å². The molecule has 0 aromatic heterocycles. The molecule has 0 spiro atoms. The number of hydrogen-bond donors (Lipinski definition) is 4. The van der Waals surface area contributed by atoms with Gasteiger partial charge in [0, 0.05) is 23.8 Å². The summed E-state index contributed by atoms with van der Waals surface area (Å²) < 4.78 is 0. The van der Waals surface area contributed by atoms with Gasteiger partial charge in [0.25, 0.3) is 5.91 Å². The fraction of sp³-hybridized carbons (Fsp3) is 0.429. The zero-order chi connectivity index (χ0) is 15.0. The molecular formula is C14H22N4O2. The smallest absolute Gasteiger partial charge is 0.319 e. The number of anilines is 1. The number of nitrogens with two attached hydrogens (primary N) is 1. The molecule has 0 fully saturated rings. The summed E-state index contributed by atoms with van der Waals surface area (Å²) in [6.45, 7) is 4.88. The standard InChI is InChI=1S/C14H22N4O2/c1-10(2)17-14(20)18-12-6-4-11(5-7-12)13(19)16-9-3-8-15/h4-7,10H,3,8-9,15H2,1-2H3,(H,16,19)(H2,17,18,20). The van der Waals surface area contributed by atoms with Crippen molar-refractivity contribution < 1.29 is 9.59 Å². The van der Waals surface area contributed by atoms with Gasteiger partial charge in [0.15, 0.2) is 0 Å². The van der Waals surface area contributed by atoms with E-state index in [2.05, 4.69) is 16.0 Å². The van der Waals surface area contributed by atoms with Crippen molar-refractivity contribution >= 4 is 17.6 Å². The van der Waals surface area contributed by atoms with E-state index in [-0.39, 0.29) is 18.0 Å². The molecule has 1 aromatic rings. The van der Waals surface area contributed by atoms with Gasteiger partial charge < -0.3 is 21.7 Å². The van der Waals surface area contributed by atoms with E-state index in [0.29, 0.717) is 24.3 Å². The van der Waals surface area contributed by atoms with Gasteiger partial charge in [-0.3, -0.25) is 4.79 Å². The average Bonchev–Trinajstić information content (AvgIpc) is 2.38. The Labute approximate surface area is 119 Å². The maximum absolute atomic E-state index is 11.7. The zero-order valence-corrected chi connectivity index (χ0v) is 11.9. The minimum absolute atomic E-state index is 0.0718. The summed E-state index contributed by atoms with van der Waals surface area (Å²) in [5.41, 5.74) is 6.55. The molecule has 5 N–H and O–H groups in total. The molecule has 0 heterocycles. The molecule has 0 saturated carbocycles. The molecule has 0 aliphatic heterocycles. The highest BCUT2D eigenvalue weighted by Gasteiger charge is 2.06. The number of hydrogen-bond acceptors (Lipinski definition) is 3. The van der Waals surface area contributed by atoms with Crippen LogP contribution in [-0.4, -0.2) is 31.1 Å².